The molecule has 0 spiro atoms. The highest BCUT2D eigenvalue weighted by Crippen LogP contribution is 2.19. The molecular formula is C17H26N4O3. The van der Waals surface area contributed by atoms with Crippen molar-refractivity contribution in [1.29, 1.82) is 0 Å². The molecule has 1 fully saturated rings. The third-order valence-electron chi connectivity index (χ3n) is 4.12. The number of carbonyl (C=O) groups excluding carboxylic acids is 2. The van der Waals surface area contributed by atoms with Crippen molar-refractivity contribution in [2.75, 3.05) is 45.7 Å². The van der Waals surface area contributed by atoms with Crippen molar-refractivity contribution in [2.45, 2.75) is 19.1 Å². The van der Waals surface area contributed by atoms with Crippen LogP contribution in [0.4, 0.5) is 10.5 Å². The zero-order chi connectivity index (χ0) is 17.7. The summed E-state index contributed by atoms with van der Waals surface area (Å²) < 4.78 is 5.44. The van der Waals surface area contributed by atoms with Crippen molar-refractivity contribution in [1.82, 2.24) is 15.5 Å². The zero-order valence-corrected chi connectivity index (χ0v) is 14.7. The number of likely N-dealkylation sites (tertiary alicyclic amines) is 1. The summed E-state index contributed by atoms with van der Waals surface area (Å²) in [6, 6.07) is 7.04. The summed E-state index contributed by atoms with van der Waals surface area (Å²) in [5.41, 5.74) is 1.61. The van der Waals surface area contributed by atoms with Crippen molar-refractivity contribution in [3.8, 4) is 0 Å². The van der Waals surface area contributed by atoms with Gasteiger partial charge in [-0.05, 0) is 25.1 Å². The van der Waals surface area contributed by atoms with Crippen LogP contribution in [0.25, 0.3) is 0 Å². The molecule has 24 heavy (non-hydrogen) atoms. The van der Waals surface area contributed by atoms with E-state index in [1.54, 1.807) is 12.0 Å². The van der Waals surface area contributed by atoms with Crippen molar-refractivity contribution in [3.63, 3.8) is 0 Å². The number of carbonyl (C=O) groups is 2. The summed E-state index contributed by atoms with van der Waals surface area (Å²) in [7, 11) is 5.47. The van der Waals surface area contributed by atoms with E-state index in [4.69, 9.17) is 4.74 Å². The second-order valence-corrected chi connectivity index (χ2v) is 6.04. The second kappa shape index (κ2) is 8.01. The Balaban J connectivity index is 2.08. The molecule has 0 aliphatic carbocycles. The lowest BCUT2D eigenvalue weighted by Crippen LogP contribution is -2.48. The molecule has 2 atom stereocenters. The Kier molecular flexibility index (Phi) is 6.03. The van der Waals surface area contributed by atoms with Crippen LogP contribution in [0.5, 0.6) is 0 Å². The van der Waals surface area contributed by atoms with Gasteiger partial charge in [0.15, 0.2) is 0 Å². The lowest BCUT2D eigenvalue weighted by atomic mass is 10.1. The Morgan fingerprint density at radius 1 is 1.33 bits per heavy atom. The maximum atomic E-state index is 12.8. The van der Waals surface area contributed by atoms with Crippen molar-refractivity contribution in [2.24, 2.45) is 0 Å². The van der Waals surface area contributed by atoms with Crippen LogP contribution >= 0.6 is 0 Å². The van der Waals surface area contributed by atoms with E-state index in [-0.39, 0.29) is 24.1 Å². The van der Waals surface area contributed by atoms with Crippen LogP contribution in [0.1, 0.15) is 17.3 Å². The fourth-order valence-electron chi connectivity index (χ4n) is 2.80. The zero-order valence-electron chi connectivity index (χ0n) is 14.7. The molecule has 2 N–H and O–H groups in total. The SMILES string of the molecule is CCNC(=O)N[C@@H]1CN(C(=O)c2cccc(N(C)C)c2)C[C@@H]1OC. The maximum absolute atomic E-state index is 12.8. The van der Waals surface area contributed by atoms with Gasteiger partial charge in [-0.3, -0.25) is 4.79 Å². The Bertz CT molecular complexity index is 591. The Hall–Kier alpha value is -2.28. The number of urea groups is 1. The van der Waals surface area contributed by atoms with Gasteiger partial charge in [-0.25, -0.2) is 4.79 Å². The third kappa shape index (κ3) is 4.17. The van der Waals surface area contributed by atoms with Crippen molar-refractivity contribution >= 4 is 17.6 Å². The van der Waals surface area contributed by atoms with E-state index in [1.807, 2.05) is 50.2 Å². The molecule has 1 saturated heterocycles. The minimum absolute atomic E-state index is 0.0547. The third-order valence-corrected chi connectivity index (χ3v) is 4.12. The lowest BCUT2D eigenvalue weighted by molar-refractivity contribution is 0.0710. The fourth-order valence-corrected chi connectivity index (χ4v) is 2.80. The Morgan fingerprint density at radius 3 is 2.71 bits per heavy atom. The minimum Gasteiger partial charge on any atom is -0.378 e. The van der Waals surface area contributed by atoms with Gasteiger partial charge in [-0.15, -0.1) is 0 Å². The van der Waals surface area contributed by atoms with Crippen LogP contribution < -0.4 is 15.5 Å². The number of hydrogen-bond donors (Lipinski definition) is 2. The van der Waals surface area contributed by atoms with Crippen LogP contribution in [-0.4, -0.2) is 69.8 Å². The standard InChI is InChI=1S/C17H26N4O3/c1-5-18-17(23)19-14-10-21(11-15(14)24-4)16(22)12-7-6-8-13(9-12)20(2)3/h6-9,14-15H,5,10-11H2,1-4H3,(H2,18,19,23)/t14-,15+/m1/s1. The molecule has 2 rings (SSSR count). The summed E-state index contributed by atoms with van der Waals surface area (Å²) >= 11 is 0. The molecule has 0 radical (unpaired) electrons. The second-order valence-electron chi connectivity index (χ2n) is 6.04. The molecule has 3 amide bonds. The molecule has 0 unspecified atom stereocenters. The number of nitrogens with one attached hydrogen (secondary N) is 2. The Morgan fingerprint density at radius 2 is 2.08 bits per heavy atom. The van der Waals surface area contributed by atoms with E-state index in [9.17, 15) is 9.59 Å². The average molecular weight is 334 g/mol. The summed E-state index contributed by atoms with van der Waals surface area (Å²) in [4.78, 5) is 28.2. The van der Waals surface area contributed by atoms with Crippen molar-refractivity contribution in [3.05, 3.63) is 29.8 Å². The quantitative estimate of drug-likeness (QED) is 0.839. The lowest BCUT2D eigenvalue weighted by Gasteiger charge is -2.18. The highest BCUT2D eigenvalue weighted by molar-refractivity contribution is 5.95. The van der Waals surface area contributed by atoms with Gasteiger partial charge in [0.2, 0.25) is 0 Å². The fraction of sp³-hybridized carbons (Fsp3) is 0.529. The van der Waals surface area contributed by atoms with E-state index in [0.717, 1.165) is 5.69 Å². The summed E-state index contributed by atoms with van der Waals surface area (Å²) in [6.07, 6.45) is -0.214. The molecular weight excluding hydrogens is 308 g/mol. The Labute approximate surface area is 142 Å². The van der Waals surface area contributed by atoms with E-state index in [2.05, 4.69) is 10.6 Å². The molecule has 1 aliphatic rings. The first-order valence-electron chi connectivity index (χ1n) is 8.10. The van der Waals surface area contributed by atoms with E-state index >= 15 is 0 Å². The first-order chi connectivity index (χ1) is 11.5. The molecule has 132 valence electrons. The molecule has 1 heterocycles. The minimum atomic E-state index is -0.242. The normalized spacial score (nSPS) is 19.9. The van der Waals surface area contributed by atoms with Crippen LogP contribution in [0, 0.1) is 0 Å². The van der Waals surface area contributed by atoms with Crippen LogP contribution in [0.3, 0.4) is 0 Å². The number of amides is 3. The summed E-state index contributed by atoms with van der Waals surface area (Å²) in [5.74, 6) is -0.0547. The number of rotatable bonds is 5. The van der Waals surface area contributed by atoms with Crippen LogP contribution in [0.2, 0.25) is 0 Å². The van der Waals surface area contributed by atoms with E-state index in [0.29, 0.717) is 25.2 Å². The summed E-state index contributed by atoms with van der Waals surface area (Å²) in [6.45, 7) is 3.30. The predicted molar refractivity (Wildman–Crippen MR) is 93.5 cm³/mol. The first-order valence-corrected chi connectivity index (χ1v) is 8.10. The van der Waals surface area contributed by atoms with Gasteiger partial charge in [-0.2, -0.15) is 0 Å². The summed E-state index contributed by atoms with van der Waals surface area (Å²) in [5, 5.41) is 5.57. The number of methoxy groups -OCH3 is 1. The van der Waals surface area contributed by atoms with E-state index in [1.165, 1.54) is 0 Å². The molecule has 1 aromatic rings. The van der Waals surface area contributed by atoms with Gasteiger partial charge < -0.3 is 25.2 Å². The van der Waals surface area contributed by atoms with Crippen molar-refractivity contribution < 1.29 is 14.3 Å². The first kappa shape index (κ1) is 18.1. The average Bonchev–Trinajstić information content (AvgIpc) is 2.97. The van der Waals surface area contributed by atoms with Gasteiger partial charge in [0, 0.05) is 52.1 Å². The number of benzene rings is 1. The largest absolute Gasteiger partial charge is 0.378 e. The molecule has 1 aromatic carbocycles. The topological polar surface area (TPSA) is 73.9 Å². The van der Waals surface area contributed by atoms with Gasteiger partial charge in [0.1, 0.15) is 0 Å². The molecule has 0 saturated carbocycles. The highest BCUT2D eigenvalue weighted by Gasteiger charge is 2.36. The highest BCUT2D eigenvalue weighted by atomic mass is 16.5. The van der Waals surface area contributed by atoms with E-state index < -0.39 is 0 Å². The number of hydrogen-bond acceptors (Lipinski definition) is 4. The monoisotopic (exact) mass is 334 g/mol. The molecule has 7 nitrogen and oxygen atoms in total. The van der Waals surface area contributed by atoms with Gasteiger partial charge in [0.05, 0.1) is 12.1 Å². The molecule has 1 aliphatic heterocycles. The number of anilines is 1. The van der Waals surface area contributed by atoms with Crippen LogP contribution in [-0.2, 0) is 4.74 Å². The van der Waals surface area contributed by atoms with Gasteiger partial charge in [-0.1, -0.05) is 6.07 Å². The number of nitrogens with zero attached hydrogens (tertiary/aromatic N) is 2. The predicted octanol–water partition coefficient (Wildman–Crippen LogP) is 0.911. The maximum Gasteiger partial charge on any atom is 0.315 e. The smallest absolute Gasteiger partial charge is 0.315 e. The molecule has 0 aromatic heterocycles. The van der Waals surface area contributed by atoms with Gasteiger partial charge in [0.25, 0.3) is 5.91 Å². The molecule has 7 heteroatoms. The number of ether oxygens (including phenoxy) is 1. The van der Waals surface area contributed by atoms with Gasteiger partial charge >= 0.3 is 6.03 Å². The van der Waals surface area contributed by atoms with Crippen LogP contribution in [0.15, 0.2) is 24.3 Å². The molecule has 0 bridgehead atoms.